The summed E-state index contributed by atoms with van der Waals surface area (Å²) in [6.45, 7) is -0.243. The first-order chi connectivity index (χ1) is 10.0. The van der Waals surface area contributed by atoms with Gasteiger partial charge in [-0.25, -0.2) is 8.78 Å². The van der Waals surface area contributed by atoms with Crippen molar-refractivity contribution < 1.29 is 18.4 Å². The van der Waals surface area contributed by atoms with E-state index in [2.05, 4.69) is 0 Å². The molecule has 0 amide bonds. The average Bonchev–Trinajstić information content (AvgIpc) is 2.46. The van der Waals surface area contributed by atoms with Crippen LogP contribution in [0.25, 0.3) is 0 Å². The fourth-order valence-electron chi connectivity index (χ4n) is 1.71. The molecule has 0 saturated heterocycles. The van der Waals surface area contributed by atoms with E-state index in [4.69, 9.17) is 16.3 Å². The summed E-state index contributed by atoms with van der Waals surface area (Å²) in [5, 5.41) is 11.0. The molecule has 0 saturated carbocycles. The zero-order valence-electron chi connectivity index (χ0n) is 10.7. The van der Waals surface area contributed by atoms with Crippen LogP contribution in [0.15, 0.2) is 36.4 Å². The lowest BCUT2D eigenvalue weighted by atomic mass is 10.2. The lowest BCUT2D eigenvalue weighted by Crippen LogP contribution is -2.02. The molecule has 0 spiro atoms. The highest BCUT2D eigenvalue weighted by molar-refractivity contribution is 6.17. The molecule has 2 rings (SSSR count). The first kappa shape index (κ1) is 15.2. The molecule has 0 heterocycles. The third kappa shape index (κ3) is 3.66. The Labute approximate surface area is 124 Å². The van der Waals surface area contributed by atoms with E-state index < -0.39 is 16.6 Å². The second kappa shape index (κ2) is 6.49. The predicted octanol–water partition coefficient (Wildman–Crippen LogP) is 4.19. The van der Waals surface area contributed by atoms with E-state index in [1.54, 1.807) is 6.07 Å². The fourth-order valence-corrected chi connectivity index (χ4v) is 1.87. The summed E-state index contributed by atoms with van der Waals surface area (Å²) in [6.07, 6.45) is 0. The largest absolute Gasteiger partial charge is 0.482 e. The normalized spacial score (nSPS) is 10.4. The second-order valence-electron chi connectivity index (χ2n) is 4.22. The summed E-state index contributed by atoms with van der Waals surface area (Å²) in [7, 11) is 0. The molecule has 7 heteroatoms. The molecule has 4 nitrogen and oxygen atoms in total. The summed E-state index contributed by atoms with van der Waals surface area (Å²) in [6, 6.07) is 7.32. The standard InChI is InChI=1S/C14H10ClF2NO3/c15-7-9-1-4-14(13(5-9)18(19)20)21-8-10-2-3-11(16)6-12(10)17/h1-6H,7-8H2. The van der Waals surface area contributed by atoms with Crippen LogP contribution >= 0.6 is 11.6 Å². The van der Waals surface area contributed by atoms with Gasteiger partial charge in [-0.1, -0.05) is 6.07 Å². The van der Waals surface area contributed by atoms with Gasteiger partial charge in [0.15, 0.2) is 5.75 Å². The van der Waals surface area contributed by atoms with Crippen molar-refractivity contribution in [3.63, 3.8) is 0 Å². The first-order valence-corrected chi connectivity index (χ1v) is 6.44. The third-order valence-corrected chi connectivity index (χ3v) is 3.08. The Bertz CT molecular complexity index is 679. The van der Waals surface area contributed by atoms with Crippen LogP contribution in [0.1, 0.15) is 11.1 Å². The molecular formula is C14H10ClF2NO3. The minimum absolute atomic E-state index is 0.00223. The number of rotatable bonds is 5. The van der Waals surface area contributed by atoms with Crippen molar-refractivity contribution in [2.24, 2.45) is 0 Å². The number of halogens is 3. The Morgan fingerprint density at radius 2 is 1.95 bits per heavy atom. The van der Waals surface area contributed by atoms with Crippen LogP contribution in [0.5, 0.6) is 5.75 Å². The molecule has 0 radical (unpaired) electrons. The Balaban J connectivity index is 2.21. The SMILES string of the molecule is O=[N+]([O-])c1cc(CCl)ccc1OCc1ccc(F)cc1F. The monoisotopic (exact) mass is 313 g/mol. The second-order valence-corrected chi connectivity index (χ2v) is 4.48. The Morgan fingerprint density at radius 1 is 1.19 bits per heavy atom. The van der Waals surface area contributed by atoms with Gasteiger partial charge in [0.2, 0.25) is 0 Å². The molecule has 0 bridgehead atoms. The number of hydrogen-bond donors (Lipinski definition) is 0. The number of nitrogens with zero attached hydrogens (tertiary/aromatic N) is 1. The van der Waals surface area contributed by atoms with Crippen LogP contribution in [0.2, 0.25) is 0 Å². The number of ether oxygens (including phenoxy) is 1. The minimum Gasteiger partial charge on any atom is -0.482 e. The van der Waals surface area contributed by atoms with Crippen LogP contribution in [0.4, 0.5) is 14.5 Å². The van der Waals surface area contributed by atoms with E-state index in [0.717, 1.165) is 12.1 Å². The summed E-state index contributed by atoms with van der Waals surface area (Å²) >= 11 is 5.62. The maximum atomic E-state index is 13.5. The zero-order chi connectivity index (χ0) is 15.4. The van der Waals surface area contributed by atoms with E-state index in [1.807, 2.05) is 0 Å². The molecule has 0 aliphatic heterocycles. The van der Waals surface area contributed by atoms with E-state index in [0.29, 0.717) is 5.56 Å². The quantitative estimate of drug-likeness (QED) is 0.472. The molecule has 0 aliphatic carbocycles. The number of benzene rings is 2. The average molecular weight is 314 g/mol. The van der Waals surface area contributed by atoms with Gasteiger partial charge in [0.25, 0.3) is 0 Å². The third-order valence-electron chi connectivity index (χ3n) is 2.77. The minimum atomic E-state index is -0.768. The molecule has 0 unspecified atom stereocenters. The van der Waals surface area contributed by atoms with Gasteiger partial charge in [0.1, 0.15) is 18.2 Å². The van der Waals surface area contributed by atoms with Gasteiger partial charge in [-0.15, -0.1) is 11.6 Å². The van der Waals surface area contributed by atoms with Crippen LogP contribution in [0.3, 0.4) is 0 Å². The fraction of sp³-hybridized carbons (Fsp3) is 0.143. The van der Waals surface area contributed by atoms with E-state index >= 15 is 0 Å². The maximum Gasteiger partial charge on any atom is 0.311 e. The van der Waals surface area contributed by atoms with Crippen molar-refractivity contribution in [1.29, 1.82) is 0 Å². The molecule has 0 aliphatic rings. The highest BCUT2D eigenvalue weighted by Gasteiger charge is 2.16. The van der Waals surface area contributed by atoms with Gasteiger partial charge in [-0.05, 0) is 23.8 Å². The Morgan fingerprint density at radius 3 is 2.57 bits per heavy atom. The van der Waals surface area contributed by atoms with Crippen molar-refractivity contribution >= 4 is 17.3 Å². The van der Waals surface area contributed by atoms with Crippen LogP contribution in [-0.2, 0) is 12.5 Å². The van der Waals surface area contributed by atoms with Gasteiger partial charge >= 0.3 is 5.69 Å². The molecule has 21 heavy (non-hydrogen) atoms. The molecule has 2 aromatic carbocycles. The van der Waals surface area contributed by atoms with Gasteiger partial charge in [-0.3, -0.25) is 10.1 Å². The lowest BCUT2D eigenvalue weighted by molar-refractivity contribution is -0.386. The van der Waals surface area contributed by atoms with Gasteiger partial charge in [0, 0.05) is 23.6 Å². The van der Waals surface area contributed by atoms with Crippen molar-refractivity contribution in [3.8, 4) is 5.75 Å². The first-order valence-electron chi connectivity index (χ1n) is 5.91. The van der Waals surface area contributed by atoms with Gasteiger partial charge in [-0.2, -0.15) is 0 Å². The summed E-state index contributed by atoms with van der Waals surface area (Å²) in [5.74, 6) is -1.34. The van der Waals surface area contributed by atoms with Gasteiger partial charge < -0.3 is 4.74 Å². The molecular weight excluding hydrogens is 304 g/mol. The van der Waals surface area contributed by atoms with E-state index in [1.165, 1.54) is 18.2 Å². The van der Waals surface area contributed by atoms with Crippen LogP contribution < -0.4 is 4.74 Å². The zero-order valence-corrected chi connectivity index (χ0v) is 11.4. The van der Waals surface area contributed by atoms with Crippen LogP contribution in [0, 0.1) is 21.7 Å². The molecule has 0 N–H and O–H groups in total. The lowest BCUT2D eigenvalue weighted by Gasteiger charge is -2.08. The summed E-state index contributed by atoms with van der Waals surface area (Å²) in [4.78, 5) is 10.4. The van der Waals surface area contributed by atoms with Crippen molar-refractivity contribution in [3.05, 3.63) is 69.3 Å². The smallest absolute Gasteiger partial charge is 0.311 e. The maximum absolute atomic E-state index is 13.5. The summed E-state index contributed by atoms with van der Waals surface area (Å²) in [5.41, 5.74) is 0.423. The molecule has 0 fully saturated rings. The Hall–Kier alpha value is -2.21. The molecule has 0 atom stereocenters. The molecule has 2 aromatic rings. The highest BCUT2D eigenvalue weighted by Crippen LogP contribution is 2.29. The number of alkyl halides is 1. The summed E-state index contributed by atoms with van der Waals surface area (Å²) < 4.78 is 31.5. The topological polar surface area (TPSA) is 52.4 Å². The Kier molecular flexibility index (Phi) is 4.70. The number of nitro groups is 1. The van der Waals surface area contributed by atoms with Crippen molar-refractivity contribution in [2.45, 2.75) is 12.5 Å². The van der Waals surface area contributed by atoms with E-state index in [-0.39, 0.29) is 29.5 Å². The number of hydrogen-bond acceptors (Lipinski definition) is 3. The molecule has 110 valence electrons. The van der Waals surface area contributed by atoms with Crippen molar-refractivity contribution in [1.82, 2.24) is 0 Å². The predicted molar refractivity (Wildman–Crippen MR) is 73.3 cm³/mol. The molecule has 0 aromatic heterocycles. The number of nitro benzene ring substituents is 1. The van der Waals surface area contributed by atoms with Crippen molar-refractivity contribution in [2.75, 3.05) is 0 Å². The van der Waals surface area contributed by atoms with Gasteiger partial charge in [0.05, 0.1) is 4.92 Å². The highest BCUT2D eigenvalue weighted by atomic mass is 35.5. The van der Waals surface area contributed by atoms with Crippen LogP contribution in [-0.4, -0.2) is 4.92 Å². The van der Waals surface area contributed by atoms with E-state index in [9.17, 15) is 18.9 Å².